The van der Waals surface area contributed by atoms with Gasteiger partial charge in [0.2, 0.25) is 0 Å². The summed E-state index contributed by atoms with van der Waals surface area (Å²) in [6.45, 7) is 7.33. The average Bonchev–Trinajstić information content (AvgIpc) is 2.67. The first kappa shape index (κ1) is 21.8. The highest BCUT2D eigenvalue weighted by atomic mass is 16.3. The number of allylic oxidation sites excluding steroid dienone is 5. The molecule has 0 radical (unpaired) electrons. The minimum atomic E-state index is -0.414. The van der Waals surface area contributed by atoms with Crippen LogP contribution in [0.25, 0.3) is 0 Å². The van der Waals surface area contributed by atoms with Crippen LogP contribution in [0.4, 0.5) is 10.5 Å². The van der Waals surface area contributed by atoms with Crippen molar-refractivity contribution in [2.45, 2.75) is 26.7 Å². The van der Waals surface area contributed by atoms with E-state index in [4.69, 9.17) is 0 Å². The SMILES string of the molecule is C=C/C=C(/O)C/C=C(CC)/C(=C\C)NC(=O)Nc1cccc(C(=O)NC)c1. The molecule has 4 N–H and O–H groups in total. The Morgan fingerprint density at radius 2 is 2.04 bits per heavy atom. The summed E-state index contributed by atoms with van der Waals surface area (Å²) >= 11 is 0. The summed E-state index contributed by atoms with van der Waals surface area (Å²) in [5.41, 5.74) is 2.53. The van der Waals surface area contributed by atoms with Crippen molar-refractivity contribution < 1.29 is 14.7 Å². The molecule has 0 fully saturated rings. The molecule has 27 heavy (non-hydrogen) atoms. The zero-order chi connectivity index (χ0) is 20.2. The van der Waals surface area contributed by atoms with Crippen molar-refractivity contribution >= 4 is 17.6 Å². The Hall–Kier alpha value is -3.28. The van der Waals surface area contributed by atoms with Gasteiger partial charge in [-0.3, -0.25) is 4.79 Å². The van der Waals surface area contributed by atoms with Crippen LogP contribution in [0, 0.1) is 0 Å². The van der Waals surface area contributed by atoms with E-state index in [0.717, 1.165) is 5.57 Å². The lowest BCUT2D eigenvalue weighted by molar-refractivity contribution is 0.0963. The quantitative estimate of drug-likeness (QED) is 0.404. The minimum Gasteiger partial charge on any atom is -0.512 e. The first-order valence-electron chi connectivity index (χ1n) is 8.71. The van der Waals surface area contributed by atoms with Crippen molar-refractivity contribution in [3.63, 3.8) is 0 Å². The highest BCUT2D eigenvalue weighted by molar-refractivity contribution is 5.97. The van der Waals surface area contributed by atoms with Crippen molar-refractivity contribution in [3.8, 4) is 0 Å². The van der Waals surface area contributed by atoms with Gasteiger partial charge in [-0.15, -0.1) is 0 Å². The molecule has 0 unspecified atom stereocenters. The largest absolute Gasteiger partial charge is 0.512 e. The van der Waals surface area contributed by atoms with Gasteiger partial charge in [-0.2, -0.15) is 0 Å². The maximum atomic E-state index is 12.3. The fourth-order valence-electron chi connectivity index (χ4n) is 2.38. The summed E-state index contributed by atoms with van der Waals surface area (Å²) in [6, 6.07) is 6.25. The number of hydrogen-bond acceptors (Lipinski definition) is 3. The van der Waals surface area contributed by atoms with E-state index in [0.29, 0.717) is 29.8 Å². The Labute approximate surface area is 160 Å². The van der Waals surface area contributed by atoms with Crippen LogP contribution in [0.1, 0.15) is 37.0 Å². The number of amides is 3. The Morgan fingerprint density at radius 1 is 1.30 bits per heavy atom. The Balaban J connectivity index is 2.83. The van der Waals surface area contributed by atoms with E-state index in [9.17, 15) is 14.7 Å². The van der Waals surface area contributed by atoms with Crippen molar-refractivity contribution in [3.05, 3.63) is 77.7 Å². The zero-order valence-electron chi connectivity index (χ0n) is 16.0. The average molecular weight is 369 g/mol. The van der Waals surface area contributed by atoms with Gasteiger partial charge < -0.3 is 21.1 Å². The molecule has 0 atom stereocenters. The number of rotatable bonds is 8. The Morgan fingerprint density at radius 3 is 2.63 bits per heavy atom. The van der Waals surface area contributed by atoms with Gasteiger partial charge in [0.1, 0.15) is 0 Å². The highest BCUT2D eigenvalue weighted by Crippen LogP contribution is 2.15. The van der Waals surface area contributed by atoms with Crippen LogP contribution in [-0.2, 0) is 0 Å². The van der Waals surface area contributed by atoms with Crippen LogP contribution < -0.4 is 16.0 Å². The lowest BCUT2D eigenvalue weighted by atomic mass is 10.1. The Bertz CT molecular complexity index is 777. The number of urea groups is 1. The number of hydrogen-bond donors (Lipinski definition) is 4. The second kappa shape index (κ2) is 11.4. The fraction of sp³-hybridized carbons (Fsp3) is 0.238. The molecule has 1 aromatic rings. The summed E-state index contributed by atoms with van der Waals surface area (Å²) in [5.74, 6) is -0.0290. The summed E-state index contributed by atoms with van der Waals surface area (Å²) < 4.78 is 0. The predicted molar refractivity (Wildman–Crippen MR) is 110 cm³/mol. The summed E-state index contributed by atoms with van der Waals surface area (Å²) in [6.07, 6.45) is 7.74. The molecule has 0 aliphatic rings. The molecule has 6 heteroatoms. The van der Waals surface area contributed by atoms with Crippen molar-refractivity contribution in [1.29, 1.82) is 0 Å². The summed E-state index contributed by atoms with van der Waals surface area (Å²) in [7, 11) is 1.55. The molecule has 3 amide bonds. The molecule has 0 aliphatic heterocycles. The number of carbonyl (C=O) groups excluding carboxylic acids is 2. The van der Waals surface area contributed by atoms with Gasteiger partial charge in [-0.1, -0.05) is 37.8 Å². The standard InChI is InChI=1S/C21H27N3O3/c1-5-9-18(25)13-12-15(6-2)19(7-3)24-21(27)23-17-11-8-10-16(14-17)20(26)22-4/h5,7-12,14,25H,1,6,13H2,2-4H3,(H,22,26)(H2,23,24,27)/b15-12+,18-9+,19-7+. The van der Waals surface area contributed by atoms with E-state index in [1.807, 2.05) is 19.9 Å². The second-order valence-electron chi connectivity index (χ2n) is 5.62. The topological polar surface area (TPSA) is 90.5 Å². The normalized spacial score (nSPS) is 12.3. The predicted octanol–water partition coefficient (Wildman–Crippen LogP) is 4.43. The molecular formula is C21H27N3O3. The van der Waals surface area contributed by atoms with Gasteiger partial charge in [0, 0.05) is 30.4 Å². The molecule has 0 saturated heterocycles. The molecule has 0 saturated carbocycles. The van der Waals surface area contributed by atoms with Gasteiger partial charge in [0.05, 0.1) is 5.76 Å². The third-order valence-corrected chi connectivity index (χ3v) is 3.74. The lowest BCUT2D eigenvalue weighted by Crippen LogP contribution is -2.29. The van der Waals surface area contributed by atoms with Crippen LogP contribution >= 0.6 is 0 Å². The third-order valence-electron chi connectivity index (χ3n) is 3.74. The number of benzene rings is 1. The molecule has 0 aliphatic carbocycles. The van der Waals surface area contributed by atoms with Crippen molar-refractivity contribution in [2.75, 3.05) is 12.4 Å². The molecule has 6 nitrogen and oxygen atoms in total. The van der Waals surface area contributed by atoms with E-state index in [-0.39, 0.29) is 11.7 Å². The number of carbonyl (C=O) groups is 2. The van der Waals surface area contributed by atoms with Crippen molar-refractivity contribution in [1.82, 2.24) is 10.6 Å². The van der Waals surface area contributed by atoms with Crippen LogP contribution in [0.5, 0.6) is 0 Å². The van der Waals surface area contributed by atoms with E-state index >= 15 is 0 Å². The van der Waals surface area contributed by atoms with Gasteiger partial charge in [-0.05, 0) is 43.2 Å². The molecule has 144 valence electrons. The Kier molecular flexibility index (Phi) is 9.15. The van der Waals surface area contributed by atoms with E-state index in [1.165, 1.54) is 12.2 Å². The second-order valence-corrected chi connectivity index (χ2v) is 5.62. The maximum Gasteiger partial charge on any atom is 0.323 e. The molecule has 1 rings (SSSR count). The number of aliphatic hydroxyl groups excluding tert-OH is 1. The number of aliphatic hydroxyl groups is 1. The van der Waals surface area contributed by atoms with Gasteiger partial charge >= 0.3 is 6.03 Å². The van der Waals surface area contributed by atoms with Gasteiger partial charge in [0.15, 0.2) is 0 Å². The summed E-state index contributed by atoms with van der Waals surface area (Å²) in [4.78, 5) is 24.0. The van der Waals surface area contributed by atoms with Crippen LogP contribution in [0.2, 0.25) is 0 Å². The van der Waals surface area contributed by atoms with E-state index < -0.39 is 6.03 Å². The molecule has 0 spiro atoms. The minimum absolute atomic E-state index is 0.196. The first-order valence-corrected chi connectivity index (χ1v) is 8.71. The highest BCUT2D eigenvalue weighted by Gasteiger charge is 2.09. The van der Waals surface area contributed by atoms with E-state index in [2.05, 4.69) is 22.5 Å². The lowest BCUT2D eigenvalue weighted by Gasteiger charge is -2.14. The third kappa shape index (κ3) is 7.23. The van der Waals surface area contributed by atoms with Gasteiger partial charge in [-0.25, -0.2) is 4.79 Å². The molecule has 0 aromatic heterocycles. The molecule has 1 aromatic carbocycles. The van der Waals surface area contributed by atoms with Crippen LogP contribution in [0.3, 0.4) is 0 Å². The summed E-state index contributed by atoms with van der Waals surface area (Å²) in [5, 5.41) is 17.8. The first-order chi connectivity index (χ1) is 12.9. The monoisotopic (exact) mass is 369 g/mol. The van der Waals surface area contributed by atoms with Crippen LogP contribution in [-0.4, -0.2) is 24.1 Å². The smallest absolute Gasteiger partial charge is 0.323 e. The number of anilines is 1. The number of nitrogens with one attached hydrogen (secondary N) is 3. The van der Waals surface area contributed by atoms with Gasteiger partial charge in [0.25, 0.3) is 5.91 Å². The maximum absolute atomic E-state index is 12.3. The van der Waals surface area contributed by atoms with Crippen molar-refractivity contribution in [2.24, 2.45) is 0 Å². The molecular weight excluding hydrogens is 342 g/mol. The fourth-order valence-corrected chi connectivity index (χ4v) is 2.38. The molecule has 0 bridgehead atoms. The zero-order valence-corrected chi connectivity index (χ0v) is 16.0. The molecule has 0 heterocycles. The van der Waals surface area contributed by atoms with E-state index in [1.54, 1.807) is 37.4 Å². The van der Waals surface area contributed by atoms with Crippen LogP contribution in [0.15, 0.2) is 72.2 Å².